The second-order valence-electron chi connectivity index (χ2n) is 4.51. The van der Waals surface area contributed by atoms with Crippen LogP contribution in [0.5, 0.6) is 5.75 Å². The van der Waals surface area contributed by atoms with Crippen LogP contribution in [0.1, 0.15) is 11.1 Å². The lowest BCUT2D eigenvalue weighted by Gasteiger charge is -2.08. The Morgan fingerprint density at radius 2 is 1.71 bits per heavy atom. The van der Waals surface area contributed by atoms with Crippen LogP contribution in [0.3, 0.4) is 0 Å². The van der Waals surface area contributed by atoms with Gasteiger partial charge in [-0.25, -0.2) is 4.79 Å². The van der Waals surface area contributed by atoms with E-state index in [-0.39, 0.29) is 6.03 Å². The summed E-state index contributed by atoms with van der Waals surface area (Å²) in [5.74, 6) is 0.804. The number of hydrogen-bond donors (Lipinski definition) is 2. The molecule has 0 atom stereocenters. The second kappa shape index (κ2) is 7.69. The molecule has 2 N–H and O–H groups in total. The molecule has 0 saturated carbocycles. The highest BCUT2D eigenvalue weighted by molar-refractivity contribution is 9.10. The lowest BCUT2D eigenvalue weighted by molar-refractivity contribution is 0.240. The number of nitrogens with one attached hydrogen (secondary N) is 2. The maximum absolute atomic E-state index is 11.7. The summed E-state index contributed by atoms with van der Waals surface area (Å²) in [6.45, 7) is 0.974. The van der Waals surface area contributed by atoms with Crippen molar-refractivity contribution in [3.05, 3.63) is 64.1 Å². The van der Waals surface area contributed by atoms with Gasteiger partial charge in [0.25, 0.3) is 0 Å². The normalized spacial score (nSPS) is 10.0. The molecular formula is C16H17BrN2O2. The third-order valence-corrected chi connectivity index (χ3v) is 3.45. The largest absolute Gasteiger partial charge is 0.497 e. The quantitative estimate of drug-likeness (QED) is 0.869. The zero-order chi connectivity index (χ0) is 15.1. The third kappa shape index (κ3) is 5.11. The first-order valence-electron chi connectivity index (χ1n) is 6.56. The standard InChI is InChI=1S/C16H17BrN2O2/c1-21-15-7-5-12(6-8-15)10-18-16(20)19-11-13-3-2-4-14(17)9-13/h2-9H,10-11H2,1H3,(H2,18,19,20). The molecule has 0 aliphatic carbocycles. The van der Waals surface area contributed by atoms with Crippen molar-refractivity contribution in [2.24, 2.45) is 0 Å². The number of carbonyl (C=O) groups excluding carboxylic acids is 1. The molecule has 2 rings (SSSR count). The van der Waals surface area contributed by atoms with E-state index in [1.54, 1.807) is 7.11 Å². The zero-order valence-electron chi connectivity index (χ0n) is 11.7. The summed E-state index contributed by atoms with van der Waals surface area (Å²) in [5, 5.41) is 5.64. The van der Waals surface area contributed by atoms with Gasteiger partial charge in [0.2, 0.25) is 0 Å². The van der Waals surface area contributed by atoms with Crippen molar-refractivity contribution in [2.45, 2.75) is 13.1 Å². The van der Waals surface area contributed by atoms with Gasteiger partial charge in [0.15, 0.2) is 0 Å². The highest BCUT2D eigenvalue weighted by atomic mass is 79.9. The molecule has 0 radical (unpaired) electrons. The summed E-state index contributed by atoms with van der Waals surface area (Å²) in [6.07, 6.45) is 0. The van der Waals surface area contributed by atoms with Crippen LogP contribution in [-0.2, 0) is 13.1 Å². The number of carbonyl (C=O) groups is 1. The molecule has 0 saturated heterocycles. The van der Waals surface area contributed by atoms with Gasteiger partial charge in [0.1, 0.15) is 5.75 Å². The van der Waals surface area contributed by atoms with E-state index in [2.05, 4.69) is 26.6 Å². The van der Waals surface area contributed by atoms with Crippen molar-refractivity contribution < 1.29 is 9.53 Å². The fourth-order valence-electron chi connectivity index (χ4n) is 1.82. The zero-order valence-corrected chi connectivity index (χ0v) is 13.3. The van der Waals surface area contributed by atoms with E-state index in [0.717, 1.165) is 21.3 Å². The monoisotopic (exact) mass is 348 g/mol. The van der Waals surface area contributed by atoms with Crippen LogP contribution in [0.15, 0.2) is 53.0 Å². The number of amides is 2. The van der Waals surface area contributed by atoms with Gasteiger partial charge >= 0.3 is 6.03 Å². The molecule has 0 aromatic heterocycles. The molecule has 0 spiro atoms. The van der Waals surface area contributed by atoms with Crippen molar-refractivity contribution in [3.63, 3.8) is 0 Å². The Balaban J connectivity index is 1.76. The second-order valence-corrected chi connectivity index (χ2v) is 5.43. The van der Waals surface area contributed by atoms with Gasteiger partial charge in [-0.15, -0.1) is 0 Å². The Kier molecular flexibility index (Phi) is 5.63. The minimum atomic E-state index is -0.189. The van der Waals surface area contributed by atoms with Crippen LogP contribution in [0.2, 0.25) is 0 Å². The first-order chi connectivity index (χ1) is 10.2. The molecule has 0 bridgehead atoms. The lowest BCUT2D eigenvalue weighted by atomic mass is 10.2. The fourth-order valence-corrected chi connectivity index (χ4v) is 2.26. The highest BCUT2D eigenvalue weighted by Gasteiger charge is 2.01. The molecule has 21 heavy (non-hydrogen) atoms. The van der Waals surface area contributed by atoms with E-state index in [4.69, 9.17) is 4.74 Å². The minimum Gasteiger partial charge on any atom is -0.497 e. The topological polar surface area (TPSA) is 50.4 Å². The molecule has 2 aromatic carbocycles. The number of ether oxygens (including phenoxy) is 1. The smallest absolute Gasteiger partial charge is 0.315 e. The van der Waals surface area contributed by atoms with Gasteiger partial charge in [0, 0.05) is 17.6 Å². The molecule has 4 nitrogen and oxygen atoms in total. The van der Waals surface area contributed by atoms with Crippen LogP contribution in [0, 0.1) is 0 Å². The fraction of sp³-hybridized carbons (Fsp3) is 0.188. The van der Waals surface area contributed by atoms with E-state index < -0.39 is 0 Å². The average molecular weight is 349 g/mol. The van der Waals surface area contributed by atoms with Crippen molar-refractivity contribution in [2.75, 3.05) is 7.11 Å². The van der Waals surface area contributed by atoms with E-state index in [0.29, 0.717) is 13.1 Å². The van der Waals surface area contributed by atoms with E-state index in [1.807, 2.05) is 48.5 Å². The van der Waals surface area contributed by atoms with Crippen LogP contribution >= 0.6 is 15.9 Å². The number of halogens is 1. The average Bonchev–Trinajstić information content (AvgIpc) is 2.51. The molecule has 5 heteroatoms. The lowest BCUT2D eigenvalue weighted by Crippen LogP contribution is -2.34. The number of urea groups is 1. The van der Waals surface area contributed by atoms with Crippen molar-refractivity contribution in [1.29, 1.82) is 0 Å². The van der Waals surface area contributed by atoms with E-state index in [1.165, 1.54) is 0 Å². The summed E-state index contributed by atoms with van der Waals surface area (Å²) in [5.41, 5.74) is 2.07. The van der Waals surface area contributed by atoms with Crippen molar-refractivity contribution in [1.82, 2.24) is 10.6 Å². The van der Waals surface area contributed by atoms with Crippen molar-refractivity contribution >= 4 is 22.0 Å². The maximum Gasteiger partial charge on any atom is 0.315 e. The maximum atomic E-state index is 11.7. The molecule has 0 unspecified atom stereocenters. The predicted molar refractivity (Wildman–Crippen MR) is 86.2 cm³/mol. The van der Waals surface area contributed by atoms with Gasteiger partial charge in [-0.3, -0.25) is 0 Å². The van der Waals surface area contributed by atoms with Gasteiger partial charge < -0.3 is 15.4 Å². The SMILES string of the molecule is COc1ccc(CNC(=O)NCc2cccc(Br)c2)cc1. The summed E-state index contributed by atoms with van der Waals surface area (Å²) in [4.78, 5) is 11.7. The highest BCUT2D eigenvalue weighted by Crippen LogP contribution is 2.12. The Morgan fingerprint density at radius 1 is 1.05 bits per heavy atom. The summed E-state index contributed by atoms with van der Waals surface area (Å²) in [7, 11) is 1.63. The van der Waals surface area contributed by atoms with Gasteiger partial charge in [-0.05, 0) is 35.4 Å². The molecule has 0 aliphatic heterocycles. The Labute approximate surface area is 132 Å². The third-order valence-electron chi connectivity index (χ3n) is 2.95. The number of rotatable bonds is 5. The van der Waals surface area contributed by atoms with E-state index >= 15 is 0 Å². The summed E-state index contributed by atoms with van der Waals surface area (Å²) in [6, 6.07) is 15.2. The molecule has 2 aromatic rings. The number of methoxy groups -OCH3 is 1. The Bertz CT molecular complexity index is 599. The van der Waals surface area contributed by atoms with Gasteiger partial charge in [-0.1, -0.05) is 40.2 Å². The molecule has 110 valence electrons. The molecule has 0 aliphatic rings. The predicted octanol–water partition coefficient (Wildman–Crippen LogP) is 3.46. The number of benzene rings is 2. The Hall–Kier alpha value is -2.01. The molecule has 0 fully saturated rings. The first-order valence-corrected chi connectivity index (χ1v) is 7.36. The van der Waals surface area contributed by atoms with Crippen molar-refractivity contribution in [3.8, 4) is 5.75 Å². The summed E-state index contributed by atoms with van der Waals surface area (Å²) < 4.78 is 6.09. The molecular weight excluding hydrogens is 332 g/mol. The summed E-state index contributed by atoms with van der Waals surface area (Å²) >= 11 is 3.40. The van der Waals surface area contributed by atoms with Crippen LogP contribution in [0.25, 0.3) is 0 Å². The van der Waals surface area contributed by atoms with E-state index in [9.17, 15) is 4.79 Å². The van der Waals surface area contributed by atoms with Crippen LogP contribution in [0.4, 0.5) is 4.79 Å². The molecule has 2 amide bonds. The Morgan fingerprint density at radius 3 is 2.33 bits per heavy atom. The first kappa shape index (κ1) is 15.4. The van der Waals surface area contributed by atoms with Crippen LogP contribution in [-0.4, -0.2) is 13.1 Å². The molecule has 0 heterocycles. The van der Waals surface area contributed by atoms with Gasteiger partial charge in [-0.2, -0.15) is 0 Å². The van der Waals surface area contributed by atoms with Crippen LogP contribution < -0.4 is 15.4 Å². The minimum absolute atomic E-state index is 0.189. The van der Waals surface area contributed by atoms with Gasteiger partial charge in [0.05, 0.1) is 7.11 Å². The number of hydrogen-bond acceptors (Lipinski definition) is 2.